The molecule has 36 heavy (non-hydrogen) atoms. The van der Waals surface area contributed by atoms with E-state index in [2.05, 4.69) is 20.3 Å². The first-order chi connectivity index (χ1) is 17.3. The van der Waals surface area contributed by atoms with Gasteiger partial charge in [0.2, 0.25) is 6.41 Å². The smallest absolute Gasteiger partial charge is 0.261 e. The third-order valence-corrected chi connectivity index (χ3v) is 7.24. The molecule has 188 valence electrons. The van der Waals surface area contributed by atoms with Crippen molar-refractivity contribution in [2.45, 2.75) is 13.3 Å². The van der Waals surface area contributed by atoms with E-state index in [0.717, 1.165) is 14.8 Å². The quantitative estimate of drug-likeness (QED) is 0.271. The third kappa shape index (κ3) is 5.51. The summed E-state index contributed by atoms with van der Waals surface area (Å²) in [6, 6.07) is 7.11. The highest BCUT2D eigenvalue weighted by atomic mass is 35.5. The number of imidazole rings is 1. The average Bonchev–Trinajstić information content (AvgIpc) is 3.43. The van der Waals surface area contributed by atoms with Crippen LogP contribution in [0.3, 0.4) is 0 Å². The molecule has 2 amide bonds. The van der Waals surface area contributed by atoms with Gasteiger partial charge in [-0.3, -0.25) is 19.3 Å². The number of carbonyl (C=O) groups excluding carboxylic acids is 2. The highest BCUT2D eigenvalue weighted by molar-refractivity contribution is 7.10. The van der Waals surface area contributed by atoms with Gasteiger partial charge < -0.3 is 20.2 Å². The Labute approximate surface area is 217 Å². The van der Waals surface area contributed by atoms with Crippen LogP contribution in [-0.2, 0) is 11.2 Å². The molecule has 0 saturated carbocycles. The molecular weight excluding hydrogens is 500 g/mol. The van der Waals surface area contributed by atoms with Gasteiger partial charge in [0.25, 0.3) is 11.5 Å². The number of H-pyrrole nitrogens is 2. The zero-order valence-electron chi connectivity index (χ0n) is 20.2. The van der Waals surface area contributed by atoms with Crippen LogP contribution in [0.5, 0.6) is 0 Å². The zero-order valence-corrected chi connectivity index (χ0v) is 21.8. The Balaban J connectivity index is 1.63. The fraction of sp³-hybridized carbons (Fsp3) is 0.280. The predicted molar refractivity (Wildman–Crippen MR) is 144 cm³/mol. The molecule has 4 aromatic rings. The highest BCUT2D eigenvalue weighted by Crippen LogP contribution is 2.27. The molecule has 0 aliphatic carbocycles. The topological polar surface area (TPSA) is 114 Å². The molecular formula is C25H27ClN6O3S. The second kappa shape index (κ2) is 11.1. The second-order valence-electron chi connectivity index (χ2n) is 8.64. The molecule has 0 aliphatic rings. The number of amides is 2. The molecule has 3 aromatic heterocycles. The van der Waals surface area contributed by atoms with Gasteiger partial charge in [0.05, 0.1) is 21.7 Å². The van der Waals surface area contributed by atoms with E-state index in [9.17, 15) is 14.4 Å². The molecule has 3 N–H and O–H groups in total. The lowest BCUT2D eigenvalue weighted by Crippen LogP contribution is -2.36. The summed E-state index contributed by atoms with van der Waals surface area (Å²) in [6.45, 7) is 3.23. The molecule has 4 rings (SSSR count). The van der Waals surface area contributed by atoms with Crippen molar-refractivity contribution in [3.8, 4) is 11.4 Å². The van der Waals surface area contributed by atoms with Gasteiger partial charge in [-0.2, -0.15) is 0 Å². The van der Waals surface area contributed by atoms with Gasteiger partial charge in [0, 0.05) is 42.7 Å². The monoisotopic (exact) mass is 526 g/mol. The van der Waals surface area contributed by atoms with E-state index in [1.54, 1.807) is 42.7 Å². The van der Waals surface area contributed by atoms with E-state index >= 15 is 0 Å². The van der Waals surface area contributed by atoms with Gasteiger partial charge in [0.15, 0.2) is 0 Å². The van der Waals surface area contributed by atoms with Gasteiger partial charge >= 0.3 is 0 Å². The standard InChI is InChI=1S/C25H27ClN6O3S/c1-15-12-19-20(13-16(15)25(35)32(14-33)10-9-31(2)3)30-23(29-19)22-18(4-7-28-24(22)34)27-8-5-21-17(26)6-11-36-21/h4,6-7,11-14H,5,8-10H2,1-3H3,(H,29,30)(H2,27,28,34). The summed E-state index contributed by atoms with van der Waals surface area (Å²) < 4.78 is 0. The number of likely N-dealkylation sites (N-methyl/N-ethyl adjacent to an activating group) is 1. The number of fused-ring (bicyclic) bond motifs is 1. The molecule has 0 radical (unpaired) electrons. The van der Waals surface area contributed by atoms with Crippen molar-refractivity contribution in [2.75, 3.05) is 39.0 Å². The zero-order chi connectivity index (χ0) is 25.8. The number of imide groups is 1. The third-order valence-electron chi connectivity index (χ3n) is 5.79. The first-order valence-corrected chi connectivity index (χ1v) is 12.6. The van der Waals surface area contributed by atoms with Gasteiger partial charge in [-0.15, -0.1) is 11.3 Å². The van der Waals surface area contributed by atoms with Crippen LogP contribution in [-0.4, -0.2) is 70.8 Å². The molecule has 0 spiro atoms. The Morgan fingerprint density at radius 2 is 2.06 bits per heavy atom. The molecule has 0 fully saturated rings. The van der Waals surface area contributed by atoms with E-state index in [0.29, 0.717) is 65.2 Å². The van der Waals surface area contributed by atoms with Crippen LogP contribution in [0.1, 0.15) is 20.8 Å². The molecule has 3 heterocycles. The first-order valence-electron chi connectivity index (χ1n) is 11.4. The molecule has 0 aliphatic heterocycles. The predicted octanol–water partition coefficient (Wildman–Crippen LogP) is 3.76. The average molecular weight is 527 g/mol. The Morgan fingerprint density at radius 3 is 2.75 bits per heavy atom. The van der Waals surface area contributed by atoms with E-state index in [1.165, 1.54) is 0 Å². The summed E-state index contributed by atoms with van der Waals surface area (Å²) in [5, 5.41) is 6.00. The van der Waals surface area contributed by atoms with Crippen molar-refractivity contribution in [1.82, 2.24) is 24.8 Å². The summed E-state index contributed by atoms with van der Waals surface area (Å²) in [6.07, 6.45) is 2.85. The fourth-order valence-corrected chi connectivity index (χ4v) is 4.99. The maximum Gasteiger partial charge on any atom is 0.261 e. The van der Waals surface area contributed by atoms with Gasteiger partial charge in [-0.1, -0.05) is 11.6 Å². The summed E-state index contributed by atoms with van der Waals surface area (Å²) in [4.78, 5) is 52.0. The molecule has 9 nitrogen and oxygen atoms in total. The summed E-state index contributed by atoms with van der Waals surface area (Å²) in [5.74, 6) is -0.00434. The number of halogens is 1. The molecule has 1 aromatic carbocycles. The maximum atomic E-state index is 13.0. The van der Waals surface area contributed by atoms with Gasteiger partial charge in [-0.05, 0) is 56.2 Å². The number of hydrogen-bond donors (Lipinski definition) is 3. The summed E-state index contributed by atoms with van der Waals surface area (Å²) in [5.41, 5.74) is 3.01. The Bertz CT molecular complexity index is 1460. The first kappa shape index (κ1) is 25.6. The van der Waals surface area contributed by atoms with Crippen LogP contribution in [0.2, 0.25) is 5.02 Å². The number of aromatic amines is 2. The van der Waals surface area contributed by atoms with E-state index in [1.807, 2.05) is 30.4 Å². The van der Waals surface area contributed by atoms with Gasteiger partial charge in [0.1, 0.15) is 11.4 Å². The number of nitrogens with zero attached hydrogens (tertiary/aromatic N) is 3. The number of carbonyl (C=O) groups is 2. The van der Waals surface area contributed by atoms with Crippen LogP contribution in [0, 0.1) is 6.92 Å². The maximum absolute atomic E-state index is 13.0. The van der Waals surface area contributed by atoms with Crippen LogP contribution in [0.25, 0.3) is 22.4 Å². The minimum absolute atomic E-state index is 0.281. The lowest BCUT2D eigenvalue weighted by Gasteiger charge is -2.19. The van der Waals surface area contributed by atoms with E-state index < -0.39 is 0 Å². The molecule has 11 heteroatoms. The SMILES string of the molecule is Cc1cc2[nH]c(-c3c(NCCc4sccc4Cl)cc[nH]c3=O)nc2cc1C(=O)N(C=O)CCN(C)C. The summed E-state index contributed by atoms with van der Waals surface area (Å²) >= 11 is 7.78. The molecule has 0 atom stereocenters. The summed E-state index contributed by atoms with van der Waals surface area (Å²) in [7, 11) is 3.75. The Kier molecular flexibility index (Phi) is 7.88. The van der Waals surface area contributed by atoms with Crippen molar-refractivity contribution in [1.29, 1.82) is 0 Å². The normalized spacial score (nSPS) is 11.2. The number of nitrogens with one attached hydrogen (secondary N) is 3. The van der Waals surface area contributed by atoms with Crippen molar-refractivity contribution in [2.24, 2.45) is 0 Å². The highest BCUT2D eigenvalue weighted by Gasteiger charge is 2.20. The lowest BCUT2D eigenvalue weighted by atomic mass is 10.1. The number of pyridine rings is 1. The fourth-order valence-electron chi connectivity index (χ4n) is 3.85. The number of hydrogen-bond acceptors (Lipinski definition) is 7. The van der Waals surface area contributed by atoms with Crippen molar-refractivity contribution in [3.63, 3.8) is 0 Å². The molecule has 0 saturated heterocycles. The largest absolute Gasteiger partial charge is 0.384 e. The van der Waals surface area contributed by atoms with Crippen molar-refractivity contribution in [3.05, 3.63) is 67.2 Å². The van der Waals surface area contributed by atoms with Gasteiger partial charge in [-0.25, -0.2) is 4.98 Å². The minimum atomic E-state index is -0.386. The van der Waals surface area contributed by atoms with Crippen LogP contribution < -0.4 is 10.9 Å². The molecule has 0 unspecified atom stereocenters. The van der Waals surface area contributed by atoms with Crippen LogP contribution in [0.15, 0.2) is 40.6 Å². The molecule has 0 bridgehead atoms. The van der Waals surface area contributed by atoms with E-state index in [4.69, 9.17) is 11.6 Å². The number of rotatable bonds is 10. The lowest BCUT2D eigenvalue weighted by molar-refractivity contribution is -0.116. The number of aryl methyl sites for hydroxylation is 1. The number of thiophene rings is 1. The Morgan fingerprint density at radius 1 is 1.25 bits per heavy atom. The Hall–Kier alpha value is -3.47. The number of benzene rings is 1. The van der Waals surface area contributed by atoms with Crippen LogP contribution in [0.4, 0.5) is 5.69 Å². The number of anilines is 1. The minimum Gasteiger partial charge on any atom is -0.384 e. The van der Waals surface area contributed by atoms with Crippen LogP contribution >= 0.6 is 22.9 Å². The van der Waals surface area contributed by atoms with E-state index in [-0.39, 0.29) is 18.0 Å². The van der Waals surface area contributed by atoms with Crippen molar-refractivity contribution >= 4 is 52.0 Å². The van der Waals surface area contributed by atoms with Crippen molar-refractivity contribution < 1.29 is 9.59 Å². The number of aromatic nitrogens is 3. The second-order valence-corrected chi connectivity index (χ2v) is 10.0.